The molecule has 0 aliphatic carbocycles. The Morgan fingerprint density at radius 2 is 2.14 bits per heavy atom. The van der Waals surface area contributed by atoms with Crippen molar-refractivity contribution in [1.29, 1.82) is 0 Å². The van der Waals surface area contributed by atoms with Crippen molar-refractivity contribution in [2.45, 2.75) is 39.2 Å². The Hall–Kier alpha value is -1.49. The van der Waals surface area contributed by atoms with E-state index in [4.69, 9.17) is 0 Å². The smallest absolute Gasteiger partial charge is 0.161 e. The number of nitrogens with one attached hydrogen (secondary N) is 1. The molecule has 1 atom stereocenters. The number of hydrogen-bond donors (Lipinski definition) is 1. The number of fused-ring (bicyclic) bond motifs is 1. The van der Waals surface area contributed by atoms with Gasteiger partial charge in [0.05, 0.1) is 11.0 Å². The predicted octanol–water partition coefficient (Wildman–Crippen LogP) is 3.27. The Balaban J connectivity index is 2.00. The number of piperidine rings is 1. The number of halogens is 2. The van der Waals surface area contributed by atoms with E-state index in [0.717, 1.165) is 38.3 Å². The van der Waals surface area contributed by atoms with Crippen molar-refractivity contribution in [2.75, 3.05) is 13.1 Å². The molecular weight excluding hydrogens is 272 g/mol. The highest BCUT2D eigenvalue weighted by Crippen LogP contribution is 2.23. The molecule has 2 aromatic rings. The summed E-state index contributed by atoms with van der Waals surface area (Å²) < 4.78 is 29.1. The molecule has 3 rings (SSSR count). The zero-order valence-corrected chi connectivity index (χ0v) is 12.3. The van der Waals surface area contributed by atoms with Crippen molar-refractivity contribution < 1.29 is 8.78 Å². The molecule has 1 aliphatic heterocycles. The number of rotatable bonds is 4. The maximum Gasteiger partial charge on any atom is 0.161 e. The van der Waals surface area contributed by atoms with Crippen LogP contribution in [0.4, 0.5) is 8.78 Å². The van der Waals surface area contributed by atoms with Crippen molar-refractivity contribution in [3.63, 3.8) is 0 Å². The fraction of sp³-hybridized carbons (Fsp3) is 0.562. The standard InChI is InChI=1S/C16H21F2N3/c1-2-4-16-20-14-7-12(17)13(18)8-15(14)21(16)10-11-5-3-6-19-9-11/h7-8,11,19H,2-6,9-10H2,1H3. The molecule has 0 amide bonds. The van der Waals surface area contributed by atoms with Crippen LogP contribution < -0.4 is 5.32 Å². The third kappa shape index (κ3) is 2.93. The fourth-order valence-electron chi connectivity index (χ4n) is 3.13. The highest BCUT2D eigenvalue weighted by atomic mass is 19.2. The Bertz CT molecular complexity index is 630. The van der Waals surface area contributed by atoms with E-state index in [9.17, 15) is 8.78 Å². The van der Waals surface area contributed by atoms with Crippen LogP contribution in [0.3, 0.4) is 0 Å². The van der Waals surface area contributed by atoms with Crippen molar-refractivity contribution in [3.8, 4) is 0 Å². The van der Waals surface area contributed by atoms with E-state index in [1.165, 1.54) is 25.0 Å². The lowest BCUT2D eigenvalue weighted by Crippen LogP contribution is -2.32. The van der Waals surface area contributed by atoms with Gasteiger partial charge in [-0.25, -0.2) is 13.8 Å². The molecule has 3 nitrogen and oxygen atoms in total. The van der Waals surface area contributed by atoms with E-state index in [1.54, 1.807) is 0 Å². The molecule has 1 aliphatic rings. The summed E-state index contributed by atoms with van der Waals surface area (Å²) in [6, 6.07) is 2.49. The lowest BCUT2D eigenvalue weighted by atomic mass is 9.99. The zero-order chi connectivity index (χ0) is 14.8. The molecule has 2 heterocycles. The molecule has 1 aromatic carbocycles. The van der Waals surface area contributed by atoms with Crippen molar-refractivity contribution in [1.82, 2.24) is 14.9 Å². The summed E-state index contributed by atoms with van der Waals surface area (Å²) in [7, 11) is 0. The minimum Gasteiger partial charge on any atom is -0.328 e. The first-order valence-corrected chi connectivity index (χ1v) is 7.74. The SMILES string of the molecule is CCCc1nc2cc(F)c(F)cc2n1CC1CCCNC1. The van der Waals surface area contributed by atoms with E-state index in [-0.39, 0.29) is 0 Å². The van der Waals surface area contributed by atoms with E-state index < -0.39 is 11.6 Å². The first-order chi connectivity index (χ1) is 10.2. The van der Waals surface area contributed by atoms with Crippen molar-refractivity contribution in [3.05, 3.63) is 29.6 Å². The number of nitrogens with zero attached hydrogens (tertiary/aromatic N) is 2. The van der Waals surface area contributed by atoms with Gasteiger partial charge >= 0.3 is 0 Å². The quantitative estimate of drug-likeness (QED) is 0.937. The second-order valence-corrected chi connectivity index (χ2v) is 5.86. The summed E-state index contributed by atoms with van der Waals surface area (Å²) in [5.74, 6) is -0.161. The van der Waals surface area contributed by atoms with Crippen LogP contribution >= 0.6 is 0 Å². The van der Waals surface area contributed by atoms with Crippen LogP contribution in [-0.4, -0.2) is 22.6 Å². The summed E-state index contributed by atoms with van der Waals surface area (Å²) in [6.07, 6.45) is 4.14. The van der Waals surface area contributed by atoms with E-state index in [0.29, 0.717) is 17.0 Å². The van der Waals surface area contributed by atoms with Gasteiger partial charge in [0, 0.05) is 25.1 Å². The van der Waals surface area contributed by atoms with Crippen LogP contribution in [0.2, 0.25) is 0 Å². The topological polar surface area (TPSA) is 29.9 Å². The Morgan fingerprint density at radius 3 is 2.86 bits per heavy atom. The van der Waals surface area contributed by atoms with Gasteiger partial charge in [0.15, 0.2) is 11.6 Å². The lowest BCUT2D eigenvalue weighted by molar-refractivity contribution is 0.336. The zero-order valence-electron chi connectivity index (χ0n) is 12.3. The number of imidazole rings is 1. The van der Waals surface area contributed by atoms with Crippen LogP contribution in [0.25, 0.3) is 11.0 Å². The maximum absolute atomic E-state index is 13.6. The molecule has 114 valence electrons. The van der Waals surface area contributed by atoms with Gasteiger partial charge in [0.25, 0.3) is 0 Å². The van der Waals surface area contributed by atoms with Gasteiger partial charge in [0.2, 0.25) is 0 Å². The van der Waals surface area contributed by atoms with E-state index in [1.807, 2.05) is 0 Å². The van der Waals surface area contributed by atoms with Crippen LogP contribution in [0.1, 0.15) is 32.0 Å². The first-order valence-electron chi connectivity index (χ1n) is 7.74. The molecule has 0 spiro atoms. The highest BCUT2D eigenvalue weighted by molar-refractivity contribution is 5.76. The molecule has 0 bridgehead atoms. The summed E-state index contributed by atoms with van der Waals surface area (Å²) in [6.45, 7) is 4.97. The second kappa shape index (κ2) is 6.10. The molecule has 21 heavy (non-hydrogen) atoms. The number of benzene rings is 1. The summed E-state index contributed by atoms with van der Waals surface area (Å²) in [5.41, 5.74) is 1.27. The van der Waals surface area contributed by atoms with E-state index in [2.05, 4.69) is 21.8 Å². The Morgan fingerprint density at radius 1 is 1.33 bits per heavy atom. The van der Waals surface area contributed by atoms with Gasteiger partial charge in [-0.3, -0.25) is 0 Å². The Labute approximate surface area is 123 Å². The third-order valence-corrected chi connectivity index (χ3v) is 4.18. The molecule has 5 heteroatoms. The average Bonchev–Trinajstić information content (AvgIpc) is 2.79. The lowest BCUT2D eigenvalue weighted by Gasteiger charge is -2.24. The minimum absolute atomic E-state index is 0.528. The third-order valence-electron chi connectivity index (χ3n) is 4.18. The van der Waals surface area contributed by atoms with Gasteiger partial charge in [-0.2, -0.15) is 0 Å². The summed E-state index contributed by atoms with van der Waals surface area (Å²) in [4.78, 5) is 4.51. The number of hydrogen-bond acceptors (Lipinski definition) is 2. The Kier molecular flexibility index (Phi) is 4.19. The van der Waals surface area contributed by atoms with Gasteiger partial charge < -0.3 is 9.88 Å². The van der Waals surface area contributed by atoms with Gasteiger partial charge in [-0.1, -0.05) is 6.92 Å². The summed E-state index contributed by atoms with van der Waals surface area (Å²) >= 11 is 0. The number of aromatic nitrogens is 2. The van der Waals surface area contributed by atoms with Gasteiger partial charge in [-0.05, 0) is 38.3 Å². The average molecular weight is 293 g/mol. The fourth-order valence-corrected chi connectivity index (χ4v) is 3.13. The first kappa shape index (κ1) is 14.4. The normalized spacial score (nSPS) is 19.3. The molecule has 1 N–H and O–H groups in total. The highest BCUT2D eigenvalue weighted by Gasteiger charge is 2.19. The van der Waals surface area contributed by atoms with Crippen LogP contribution in [0.15, 0.2) is 12.1 Å². The van der Waals surface area contributed by atoms with Crippen LogP contribution in [-0.2, 0) is 13.0 Å². The molecule has 0 saturated carbocycles. The van der Waals surface area contributed by atoms with Crippen LogP contribution in [0, 0.1) is 17.6 Å². The molecule has 0 radical (unpaired) electrons. The van der Waals surface area contributed by atoms with E-state index >= 15 is 0 Å². The monoisotopic (exact) mass is 293 g/mol. The van der Waals surface area contributed by atoms with Crippen LogP contribution in [0.5, 0.6) is 0 Å². The van der Waals surface area contributed by atoms with Gasteiger partial charge in [-0.15, -0.1) is 0 Å². The molecular formula is C16H21F2N3. The molecule has 1 fully saturated rings. The minimum atomic E-state index is -0.825. The molecule has 1 unspecified atom stereocenters. The van der Waals surface area contributed by atoms with Crippen molar-refractivity contribution >= 4 is 11.0 Å². The number of aryl methyl sites for hydroxylation is 1. The van der Waals surface area contributed by atoms with Crippen molar-refractivity contribution in [2.24, 2.45) is 5.92 Å². The second-order valence-electron chi connectivity index (χ2n) is 5.86. The largest absolute Gasteiger partial charge is 0.328 e. The maximum atomic E-state index is 13.6. The molecule has 1 saturated heterocycles. The summed E-state index contributed by atoms with van der Waals surface area (Å²) in [5, 5.41) is 3.40. The molecule has 1 aromatic heterocycles. The predicted molar refractivity (Wildman–Crippen MR) is 79.2 cm³/mol. The van der Waals surface area contributed by atoms with Gasteiger partial charge in [0.1, 0.15) is 5.82 Å².